The highest BCUT2D eigenvalue weighted by atomic mass is 32.2. The van der Waals surface area contributed by atoms with E-state index in [1.165, 1.54) is 41.3 Å². The van der Waals surface area contributed by atoms with Crippen LogP contribution in [0.5, 0.6) is 0 Å². The van der Waals surface area contributed by atoms with Crippen molar-refractivity contribution < 1.29 is 22.4 Å². The molecule has 1 atom stereocenters. The number of nitrogens with one attached hydrogen (secondary N) is 1. The fourth-order valence-corrected chi connectivity index (χ4v) is 3.57. The van der Waals surface area contributed by atoms with Crippen LogP contribution in [0.1, 0.15) is 18.9 Å². The molecule has 0 aliphatic heterocycles. The van der Waals surface area contributed by atoms with Gasteiger partial charge in [-0.2, -0.15) is 0 Å². The van der Waals surface area contributed by atoms with Crippen LogP contribution in [0.15, 0.2) is 72.7 Å². The monoisotopic (exact) mass is 430 g/mol. The van der Waals surface area contributed by atoms with Gasteiger partial charge in [-0.25, -0.2) is 17.5 Å². The van der Waals surface area contributed by atoms with Gasteiger partial charge in [-0.15, -0.1) is 6.58 Å². The third-order valence-electron chi connectivity index (χ3n) is 4.22. The molecule has 0 saturated carbocycles. The summed E-state index contributed by atoms with van der Waals surface area (Å²) < 4.78 is 39.7. The summed E-state index contributed by atoms with van der Waals surface area (Å²) in [7, 11) is -4.11. The predicted octanol–water partition coefficient (Wildman–Crippen LogP) is 3.49. The fourth-order valence-electron chi connectivity index (χ4n) is 2.74. The lowest BCUT2D eigenvalue weighted by Gasteiger charge is -2.25. The number of nitrogens with zero attached hydrogens (tertiary/aromatic N) is 1. The van der Waals surface area contributed by atoms with Crippen molar-refractivity contribution in [2.75, 3.05) is 11.4 Å². The lowest BCUT2D eigenvalue weighted by molar-refractivity contribution is -0.132. The number of hydrogen-bond donors (Lipinski definition) is 1. The summed E-state index contributed by atoms with van der Waals surface area (Å²) >= 11 is 0. The molecule has 0 saturated heterocycles. The molecule has 2 aromatic rings. The summed E-state index contributed by atoms with van der Waals surface area (Å²) in [6, 6.07) is 13.9. The van der Waals surface area contributed by atoms with Crippen LogP contribution in [0, 0.1) is 11.7 Å². The average Bonchev–Trinajstić information content (AvgIpc) is 2.72. The summed E-state index contributed by atoms with van der Waals surface area (Å²) in [4.78, 5) is 26.9. The van der Waals surface area contributed by atoms with E-state index in [1.54, 1.807) is 37.3 Å². The number of hydrogen-bond acceptors (Lipinski definition) is 4. The van der Waals surface area contributed by atoms with Crippen LogP contribution in [-0.4, -0.2) is 26.8 Å². The zero-order valence-corrected chi connectivity index (χ0v) is 17.3. The molecule has 2 amide bonds. The summed E-state index contributed by atoms with van der Waals surface area (Å²) in [5.41, 5.74) is 1.04. The molecule has 0 spiro atoms. The number of amides is 2. The molecule has 158 valence electrons. The highest BCUT2D eigenvalue weighted by molar-refractivity contribution is 7.93. The van der Waals surface area contributed by atoms with E-state index in [2.05, 4.69) is 6.58 Å². The van der Waals surface area contributed by atoms with E-state index in [0.29, 0.717) is 11.3 Å². The minimum atomic E-state index is -4.11. The quantitative estimate of drug-likeness (QED) is 0.488. The van der Waals surface area contributed by atoms with Crippen LogP contribution in [0.25, 0.3) is 6.08 Å². The summed E-state index contributed by atoms with van der Waals surface area (Å²) in [5, 5.41) is 0.868. The molecule has 0 heterocycles. The molecule has 2 aromatic carbocycles. The van der Waals surface area contributed by atoms with Crippen molar-refractivity contribution in [2.24, 2.45) is 5.92 Å². The number of rotatable bonds is 9. The Morgan fingerprint density at radius 2 is 1.77 bits per heavy atom. The first-order chi connectivity index (χ1) is 14.3. The zero-order valence-electron chi connectivity index (χ0n) is 16.5. The minimum absolute atomic E-state index is 0.0553. The van der Waals surface area contributed by atoms with Gasteiger partial charge >= 0.3 is 0 Å². The molecule has 2 rings (SSSR count). The normalized spacial score (nSPS) is 12.3. The number of allylic oxidation sites excluding steroid dienone is 1. The first kappa shape index (κ1) is 23.0. The van der Waals surface area contributed by atoms with Crippen LogP contribution in [0.4, 0.5) is 10.1 Å². The summed E-state index contributed by atoms with van der Waals surface area (Å²) in [6.07, 6.45) is 2.66. The fraction of sp³-hybridized carbons (Fsp3) is 0.182. The number of carbonyl (C=O) groups excluding carboxylic acids is 2. The van der Waals surface area contributed by atoms with Crippen molar-refractivity contribution in [3.8, 4) is 0 Å². The maximum atomic E-state index is 13.2. The number of benzene rings is 2. The van der Waals surface area contributed by atoms with Crippen molar-refractivity contribution >= 4 is 33.6 Å². The molecule has 0 aliphatic rings. The molecule has 8 heteroatoms. The molecule has 1 unspecified atom stereocenters. The third kappa shape index (κ3) is 6.38. The van der Waals surface area contributed by atoms with Crippen molar-refractivity contribution in [3.63, 3.8) is 0 Å². The second-order valence-electron chi connectivity index (χ2n) is 6.36. The number of anilines is 1. The molecule has 0 aliphatic carbocycles. The maximum absolute atomic E-state index is 13.2. The predicted molar refractivity (Wildman–Crippen MR) is 115 cm³/mol. The Bertz CT molecular complexity index is 1020. The van der Waals surface area contributed by atoms with E-state index >= 15 is 0 Å². The largest absolute Gasteiger partial charge is 0.312 e. The van der Waals surface area contributed by atoms with E-state index in [4.69, 9.17) is 0 Å². The van der Waals surface area contributed by atoms with Gasteiger partial charge in [0.25, 0.3) is 10.0 Å². The molecule has 6 nitrogen and oxygen atoms in total. The highest BCUT2D eigenvalue weighted by Crippen LogP contribution is 2.19. The molecule has 1 N–H and O–H groups in total. The van der Waals surface area contributed by atoms with Gasteiger partial charge in [0, 0.05) is 12.2 Å². The van der Waals surface area contributed by atoms with Crippen molar-refractivity contribution in [1.82, 2.24) is 4.72 Å². The van der Waals surface area contributed by atoms with Gasteiger partial charge in [0.1, 0.15) is 11.7 Å². The van der Waals surface area contributed by atoms with Gasteiger partial charge in [-0.3, -0.25) is 9.59 Å². The van der Waals surface area contributed by atoms with Crippen LogP contribution in [0.3, 0.4) is 0 Å². The van der Waals surface area contributed by atoms with E-state index in [9.17, 15) is 22.4 Å². The first-order valence-electron chi connectivity index (χ1n) is 9.25. The second kappa shape index (κ2) is 10.5. The summed E-state index contributed by atoms with van der Waals surface area (Å²) in [5.74, 6) is -3.33. The number of carbonyl (C=O) groups is 2. The zero-order chi connectivity index (χ0) is 22.1. The highest BCUT2D eigenvalue weighted by Gasteiger charge is 2.31. The smallest absolute Gasteiger partial charge is 0.257 e. The molecule has 0 radical (unpaired) electrons. The molecule has 0 aromatic heterocycles. The number of sulfonamides is 1. The van der Waals surface area contributed by atoms with Gasteiger partial charge in [0.15, 0.2) is 0 Å². The lowest BCUT2D eigenvalue weighted by Crippen LogP contribution is -2.45. The first-order valence-corrected chi connectivity index (χ1v) is 10.8. The SMILES string of the molecule is C=CCC(C(=O)NS(=O)(=O)C=Cc1ccccc1)C(=O)N(CC)c1ccc(F)cc1. The lowest BCUT2D eigenvalue weighted by atomic mass is 10.0. The van der Waals surface area contributed by atoms with Gasteiger partial charge in [-0.1, -0.05) is 36.4 Å². The maximum Gasteiger partial charge on any atom is 0.257 e. The Balaban J connectivity index is 2.19. The van der Waals surface area contributed by atoms with Gasteiger partial charge in [0.05, 0.1) is 5.41 Å². The molecular weight excluding hydrogens is 407 g/mol. The van der Waals surface area contributed by atoms with Crippen LogP contribution < -0.4 is 9.62 Å². The third-order valence-corrected chi connectivity index (χ3v) is 5.20. The summed E-state index contributed by atoms with van der Waals surface area (Å²) in [6.45, 7) is 5.46. The number of halogens is 1. The van der Waals surface area contributed by atoms with E-state index in [-0.39, 0.29) is 13.0 Å². The van der Waals surface area contributed by atoms with Crippen molar-refractivity contribution in [2.45, 2.75) is 13.3 Å². The molecule has 0 bridgehead atoms. The van der Waals surface area contributed by atoms with Gasteiger partial charge in [-0.05, 0) is 49.2 Å². The van der Waals surface area contributed by atoms with E-state index < -0.39 is 33.6 Å². The van der Waals surface area contributed by atoms with Crippen molar-refractivity contribution in [1.29, 1.82) is 0 Å². The van der Waals surface area contributed by atoms with Gasteiger partial charge < -0.3 is 4.90 Å². The Hall–Kier alpha value is -3.26. The van der Waals surface area contributed by atoms with E-state index in [1.807, 2.05) is 4.72 Å². The topological polar surface area (TPSA) is 83.5 Å². The Morgan fingerprint density at radius 1 is 1.13 bits per heavy atom. The minimum Gasteiger partial charge on any atom is -0.312 e. The van der Waals surface area contributed by atoms with Crippen LogP contribution in [0.2, 0.25) is 0 Å². The Labute approximate surface area is 175 Å². The average molecular weight is 431 g/mol. The molecule has 0 fully saturated rings. The molecule has 30 heavy (non-hydrogen) atoms. The Morgan fingerprint density at radius 3 is 2.33 bits per heavy atom. The second-order valence-corrected chi connectivity index (χ2v) is 7.93. The van der Waals surface area contributed by atoms with Crippen LogP contribution >= 0.6 is 0 Å². The Kier molecular flexibility index (Phi) is 8.06. The molecular formula is C22H23FN2O4S. The van der Waals surface area contributed by atoms with Gasteiger partial charge in [0.2, 0.25) is 11.8 Å². The van der Waals surface area contributed by atoms with Crippen LogP contribution in [-0.2, 0) is 19.6 Å². The van der Waals surface area contributed by atoms with E-state index in [0.717, 1.165) is 5.41 Å². The standard InChI is InChI=1S/C22H23FN2O4S/c1-3-8-20(22(27)25(4-2)19-13-11-18(23)12-14-19)21(26)24-30(28,29)16-15-17-9-6-5-7-10-17/h3,5-7,9-16,20H,1,4,8H2,2H3,(H,24,26). The van der Waals surface area contributed by atoms with Crippen molar-refractivity contribution in [3.05, 3.63) is 84.0 Å².